The highest BCUT2D eigenvalue weighted by Crippen LogP contribution is 2.50. The standard InChI is InChI=1S/C18H17NO4/c1-23-18(22)12-4-2-3-5-13(12)19-16(20)14-10-6-7-11(9-8-10)15(14)17(19)21/h2-7,10-11,14-15H,8-9H2,1H3/t10-,11+,14-,15+. The van der Waals surface area contributed by atoms with Gasteiger partial charge in [0.1, 0.15) is 0 Å². The summed E-state index contributed by atoms with van der Waals surface area (Å²) in [5.41, 5.74) is 0.582. The van der Waals surface area contributed by atoms with Gasteiger partial charge in [-0.05, 0) is 36.8 Å². The smallest absolute Gasteiger partial charge is 0.339 e. The maximum absolute atomic E-state index is 12.9. The summed E-state index contributed by atoms with van der Waals surface area (Å²) in [6.07, 6.45) is 6.06. The van der Waals surface area contributed by atoms with E-state index in [1.807, 2.05) is 0 Å². The number of hydrogen-bond donors (Lipinski definition) is 0. The molecular formula is C18H17NO4. The molecule has 23 heavy (non-hydrogen) atoms. The van der Waals surface area contributed by atoms with E-state index >= 15 is 0 Å². The fourth-order valence-electron chi connectivity index (χ4n) is 4.26. The minimum Gasteiger partial charge on any atom is -0.465 e. The molecule has 5 rings (SSSR count). The van der Waals surface area contributed by atoms with Crippen molar-refractivity contribution in [2.45, 2.75) is 12.8 Å². The Morgan fingerprint density at radius 1 is 1.04 bits per heavy atom. The van der Waals surface area contributed by atoms with Crippen LogP contribution in [-0.4, -0.2) is 24.9 Å². The molecule has 4 aliphatic rings. The number of carbonyl (C=O) groups excluding carboxylic acids is 3. The van der Waals surface area contributed by atoms with Crippen LogP contribution >= 0.6 is 0 Å². The second kappa shape index (κ2) is 5.05. The van der Waals surface area contributed by atoms with E-state index in [4.69, 9.17) is 4.74 Å². The lowest BCUT2D eigenvalue weighted by Gasteiger charge is -2.38. The van der Waals surface area contributed by atoms with E-state index < -0.39 is 5.97 Å². The molecule has 1 saturated carbocycles. The van der Waals surface area contributed by atoms with Crippen molar-refractivity contribution in [1.82, 2.24) is 0 Å². The van der Waals surface area contributed by atoms with Crippen LogP contribution in [-0.2, 0) is 14.3 Å². The minimum absolute atomic E-state index is 0.136. The van der Waals surface area contributed by atoms with Gasteiger partial charge in [0.2, 0.25) is 11.8 Å². The fourth-order valence-corrected chi connectivity index (χ4v) is 4.26. The van der Waals surface area contributed by atoms with Gasteiger partial charge in [-0.1, -0.05) is 24.3 Å². The van der Waals surface area contributed by atoms with Gasteiger partial charge in [0.25, 0.3) is 0 Å². The predicted octanol–water partition coefficient (Wildman–Crippen LogP) is 2.17. The number of para-hydroxylation sites is 1. The van der Waals surface area contributed by atoms with Gasteiger partial charge < -0.3 is 4.74 Å². The highest BCUT2D eigenvalue weighted by atomic mass is 16.5. The molecule has 1 aromatic carbocycles. The summed E-state index contributed by atoms with van der Waals surface area (Å²) in [4.78, 5) is 39.0. The van der Waals surface area contributed by atoms with Crippen LogP contribution in [0.25, 0.3) is 0 Å². The zero-order valence-corrected chi connectivity index (χ0v) is 12.8. The van der Waals surface area contributed by atoms with Crippen molar-refractivity contribution in [1.29, 1.82) is 0 Å². The number of rotatable bonds is 2. The highest BCUT2D eigenvalue weighted by molar-refractivity contribution is 6.24. The molecule has 5 nitrogen and oxygen atoms in total. The van der Waals surface area contributed by atoms with E-state index in [-0.39, 0.29) is 41.0 Å². The van der Waals surface area contributed by atoms with E-state index in [0.29, 0.717) is 5.69 Å². The third kappa shape index (κ3) is 1.89. The highest BCUT2D eigenvalue weighted by Gasteiger charge is 2.57. The number of carbonyl (C=O) groups is 3. The number of anilines is 1. The second-order valence-corrected chi connectivity index (χ2v) is 6.36. The van der Waals surface area contributed by atoms with Crippen molar-refractivity contribution in [3.63, 3.8) is 0 Å². The maximum Gasteiger partial charge on any atom is 0.339 e. The lowest BCUT2D eigenvalue weighted by molar-refractivity contribution is -0.124. The number of methoxy groups -OCH3 is 1. The third-order valence-corrected chi connectivity index (χ3v) is 5.31. The number of ether oxygens (including phenoxy) is 1. The van der Waals surface area contributed by atoms with Crippen LogP contribution in [0.15, 0.2) is 36.4 Å². The quantitative estimate of drug-likeness (QED) is 0.477. The molecule has 118 valence electrons. The number of esters is 1. The van der Waals surface area contributed by atoms with Gasteiger partial charge in [-0.2, -0.15) is 0 Å². The number of fused-ring (bicyclic) bond motifs is 1. The average Bonchev–Trinajstić information content (AvgIpc) is 2.88. The van der Waals surface area contributed by atoms with Crippen LogP contribution in [0.1, 0.15) is 23.2 Å². The summed E-state index contributed by atoms with van der Waals surface area (Å²) in [7, 11) is 1.29. The molecule has 2 amide bonds. The first kappa shape index (κ1) is 14.2. The number of amides is 2. The Labute approximate surface area is 133 Å². The molecule has 0 radical (unpaired) electrons. The molecule has 1 aliphatic heterocycles. The molecule has 0 unspecified atom stereocenters. The van der Waals surface area contributed by atoms with Crippen LogP contribution in [0.4, 0.5) is 5.69 Å². The Balaban J connectivity index is 1.79. The average molecular weight is 311 g/mol. The van der Waals surface area contributed by atoms with Gasteiger partial charge in [0, 0.05) is 0 Å². The summed E-state index contributed by atoms with van der Waals surface area (Å²) < 4.78 is 4.78. The topological polar surface area (TPSA) is 63.7 Å². The molecule has 0 N–H and O–H groups in total. The normalized spacial score (nSPS) is 31.4. The largest absolute Gasteiger partial charge is 0.465 e. The molecule has 3 aliphatic carbocycles. The first-order valence-corrected chi connectivity index (χ1v) is 7.87. The minimum atomic E-state index is -0.544. The fraction of sp³-hybridized carbons (Fsp3) is 0.389. The molecule has 2 bridgehead atoms. The molecule has 1 saturated heterocycles. The van der Waals surface area contributed by atoms with Gasteiger partial charge >= 0.3 is 5.97 Å². The van der Waals surface area contributed by atoms with Crippen molar-refractivity contribution in [2.75, 3.05) is 12.0 Å². The number of benzene rings is 1. The first-order chi connectivity index (χ1) is 11.1. The predicted molar refractivity (Wildman–Crippen MR) is 82.6 cm³/mol. The Morgan fingerprint density at radius 3 is 2.13 bits per heavy atom. The number of imide groups is 1. The van der Waals surface area contributed by atoms with Crippen LogP contribution in [0, 0.1) is 23.7 Å². The van der Waals surface area contributed by atoms with E-state index in [2.05, 4.69) is 12.2 Å². The maximum atomic E-state index is 12.9. The van der Waals surface area contributed by atoms with Gasteiger partial charge in [-0.15, -0.1) is 0 Å². The summed E-state index contributed by atoms with van der Waals surface area (Å²) in [5, 5.41) is 0. The Bertz CT molecular complexity index is 706. The molecule has 0 aromatic heterocycles. The molecule has 5 heteroatoms. The molecule has 2 fully saturated rings. The van der Waals surface area contributed by atoms with Gasteiger partial charge in [-0.25, -0.2) is 9.69 Å². The zero-order valence-electron chi connectivity index (χ0n) is 12.8. The van der Waals surface area contributed by atoms with E-state index in [0.717, 1.165) is 12.8 Å². The summed E-state index contributed by atoms with van der Waals surface area (Å²) in [5.74, 6) is -1.20. The second-order valence-electron chi connectivity index (χ2n) is 6.36. The van der Waals surface area contributed by atoms with Crippen molar-refractivity contribution >= 4 is 23.5 Å². The number of allylic oxidation sites excluding steroid dienone is 2. The van der Waals surface area contributed by atoms with Crippen molar-refractivity contribution in [3.05, 3.63) is 42.0 Å². The summed E-state index contributed by atoms with van der Waals surface area (Å²) in [6.45, 7) is 0. The van der Waals surface area contributed by atoms with Crippen LogP contribution in [0.3, 0.4) is 0 Å². The van der Waals surface area contributed by atoms with Gasteiger partial charge in [-0.3, -0.25) is 9.59 Å². The molecule has 4 atom stereocenters. The third-order valence-electron chi connectivity index (χ3n) is 5.31. The molecule has 1 aromatic rings. The molecular weight excluding hydrogens is 294 g/mol. The Kier molecular flexibility index (Phi) is 3.11. The summed E-state index contributed by atoms with van der Waals surface area (Å²) >= 11 is 0. The van der Waals surface area contributed by atoms with Crippen LogP contribution < -0.4 is 4.90 Å². The van der Waals surface area contributed by atoms with Crippen LogP contribution in [0.5, 0.6) is 0 Å². The molecule has 1 heterocycles. The van der Waals surface area contributed by atoms with Crippen LogP contribution in [0.2, 0.25) is 0 Å². The first-order valence-electron chi connectivity index (χ1n) is 7.87. The lowest BCUT2D eigenvalue weighted by Crippen LogP contribution is -2.38. The number of hydrogen-bond acceptors (Lipinski definition) is 4. The van der Waals surface area contributed by atoms with E-state index in [9.17, 15) is 14.4 Å². The molecule has 0 spiro atoms. The zero-order chi connectivity index (χ0) is 16.1. The monoisotopic (exact) mass is 311 g/mol. The van der Waals surface area contributed by atoms with E-state index in [1.54, 1.807) is 24.3 Å². The number of nitrogens with zero attached hydrogens (tertiary/aromatic N) is 1. The van der Waals surface area contributed by atoms with Crippen molar-refractivity contribution in [3.8, 4) is 0 Å². The van der Waals surface area contributed by atoms with Gasteiger partial charge in [0.05, 0.1) is 30.2 Å². The Morgan fingerprint density at radius 2 is 1.61 bits per heavy atom. The SMILES string of the molecule is COC(=O)c1ccccc1N1C(=O)[C@@H]2[C@H](C1=O)[C@@H]1C=C[C@H]2CC1. The summed E-state index contributed by atoms with van der Waals surface area (Å²) in [6, 6.07) is 6.63. The lowest BCUT2D eigenvalue weighted by atomic mass is 9.63. The van der Waals surface area contributed by atoms with E-state index in [1.165, 1.54) is 12.0 Å². The van der Waals surface area contributed by atoms with Crippen molar-refractivity contribution in [2.24, 2.45) is 23.7 Å². The Hall–Kier alpha value is -2.43. The van der Waals surface area contributed by atoms with Gasteiger partial charge in [0.15, 0.2) is 0 Å². The van der Waals surface area contributed by atoms with Crippen molar-refractivity contribution < 1.29 is 19.1 Å².